The molecule has 6 heteroatoms. The van der Waals surface area contributed by atoms with Crippen molar-refractivity contribution in [1.82, 2.24) is 10.2 Å². The van der Waals surface area contributed by atoms with Gasteiger partial charge in [0.05, 0.1) is 11.3 Å². The normalized spacial score (nSPS) is 18.7. The maximum atomic E-state index is 10.1. The quantitative estimate of drug-likeness (QED) is 0.878. The molecule has 0 spiro atoms. The number of nitrogens with one attached hydrogen (secondary N) is 1. The smallest absolute Gasteiger partial charge is 0.174 e. The lowest BCUT2D eigenvalue weighted by atomic mass is 10.0. The van der Waals surface area contributed by atoms with Crippen LogP contribution in [0.2, 0.25) is 10.3 Å². The first-order chi connectivity index (χ1) is 7.59. The molecule has 1 aliphatic rings. The maximum absolute atomic E-state index is 10.1. The Hall–Kier alpha value is -0.580. The molecule has 0 bridgehead atoms. The van der Waals surface area contributed by atoms with Gasteiger partial charge in [-0.1, -0.05) is 36.0 Å². The monoisotopic (exact) mass is 261 g/mol. The summed E-state index contributed by atoms with van der Waals surface area (Å²) in [4.78, 5) is 0. The van der Waals surface area contributed by atoms with Crippen LogP contribution in [0.25, 0.3) is 0 Å². The van der Waals surface area contributed by atoms with Crippen LogP contribution in [-0.4, -0.2) is 27.4 Å². The van der Waals surface area contributed by atoms with Gasteiger partial charge in [0, 0.05) is 12.6 Å². The molecule has 1 aromatic rings. The first-order valence-corrected chi connectivity index (χ1v) is 6.00. The zero-order valence-electron chi connectivity index (χ0n) is 8.71. The van der Waals surface area contributed by atoms with E-state index < -0.39 is 5.60 Å². The lowest BCUT2D eigenvalue weighted by Crippen LogP contribution is -2.33. The van der Waals surface area contributed by atoms with Gasteiger partial charge in [0.2, 0.25) is 0 Å². The molecule has 1 aliphatic carbocycles. The van der Waals surface area contributed by atoms with Crippen molar-refractivity contribution >= 4 is 28.9 Å². The van der Waals surface area contributed by atoms with Gasteiger partial charge in [0.15, 0.2) is 10.3 Å². The van der Waals surface area contributed by atoms with Crippen molar-refractivity contribution in [2.45, 2.75) is 31.3 Å². The van der Waals surface area contributed by atoms with Gasteiger partial charge in [-0.15, -0.1) is 10.2 Å². The van der Waals surface area contributed by atoms with E-state index in [9.17, 15) is 5.11 Å². The average Bonchev–Trinajstić information content (AvgIpc) is 2.67. The third-order valence-corrected chi connectivity index (χ3v) is 3.33. The summed E-state index contributed by atoms with van der Waals surface area (Å²) in [5.41, 5.74) is -0.0130. The summed E-state index contributed by atoms with van der Waals surface area (Å²) < 4.78 is 0. The van der Waals surface area contributed by atoms with Crippen molar-refractivity contribution < 1.29 is 5.11 Å². The number of nitrogens with zero attached hydrogens (tertiary/aromatic N) is 2. The number of aliphatic hydroxyl groups is 1. The van der Waals surface area contributed by atoms with Crippen LogP contribution in [0.15, 0.2) is 6.07 Å². The Kier molecular flexibility index (Phi) is 3.52. The highest BCUT2D eigenvalue weighted by molar-refractivity contribution is 6.33. The fraction of sp³-hybridized carbons (Fsp3) is 0.600. The van der Waals surface area contributed by atoms with E-state index in [0.29, 0.717) is 12.2 Å². The minimum Gasteiger partial charge on any atom is -0.388 e. The van der Waals surface area contributed by atoms with Crippen molar-refractivity contribution in [3.63, 3.8) is 0 Å². The van der Waals surface area contributed by atoms with Crippen LogP contribution < -0.4 is 5.32 Å². The number of halogens is 2. The SMILES string of the molecule is OC1(CNc2cc(Cl)nnc2Cl)CCCC1. The van der Waals surface area contributed by atoms with Gasteiger partial charge in [0.1, 0.15) is 0 Å². The standard InChI is InChI=1S/C10H13Cl2N3O/c11-8-5-7(9(12)15-14-8)13-6-10(16)3-1-2-4-10/h5,16H,1-4,6H2,(H,13,14). The molecular weight excluding hydrogens is 249 g/mol. The predicted molar refractivity (Wildman–Crippen MR) is 64.0 cm³/mol. The minimum atomic E-state index is -0.626. The summed E-state index contributed by atoms with van der Waals surface area (Å²) in [5.74, 6) is 0. The zero-order chi connectivity index (χ0) is 11.6. The van der Waals surface area contributed by atoms with E-state index in [2.05, 4.69) is 15.5 Å². The van der Waals surface area contributed by atoms with Gasteiger partial charge in [-0.3, -0.25) is 0 Å². The molecule has 0 amide bonds. The molecule has 1 aromatic heterocycles. The van der Waals surface area contributed by atoms with Crippen LogP contribution in [0, 0.1) is 0 Å². The molecule has 1 saturated carbocycles. The molecule has 2 rings (SSSR count). The molecule has 1 heterocycles. The van der Waals surface area contributed by atoms with Crippen molar-refractivity contribution in [2.75, 3.05) is 11.9 Å². The lowest BCUT2D eigenvalue weighted by molar-refractivity contribution is 0.0615. The predicted octanol–water partition coefficient (Wildman–Crippen LogP) is 2.50. The second-order valence-corrected chi connectivity index (χ2v) is 4.90. The van der Waals surface area contributed by atoms with E-state index in [0.717, 1.165) is 25.7 Å². The molecule has 0 aliphatic heterocycles. The molecule has 0 radical (unpaired) electrons. The van der Waals surface area contributed by atoms with Crippen LogP contribution >= 0.6 is 23.2 Å². The van der Waals surface area contributed by atoms with E-state index >= 15 is 0 Å². The van der Waals surface area contributed by atoms with Gasteiger partial charge < -0.3 is 10.4 Å². The van der Waals surface area contributed by atoms with Gasteiger partial charge in [-0.2, -0.15) is 0 Å². The second-order valence-electron chi connectivity index (χ2n) is 4.16. The van der Waals surface area contributed by atoms with E-state index in [1.54, 1.807) is 6.07 Å². The molecular formula is C10H13Cl2N3O. The van der Waals surface area contributed by atoms with Crippen LogP contribution in [0.4, 0.5) is 5.69 Å². The fourth-order valence-electron chi connectivity index (χ4n) is 1.95. The molecule has 1 fully saturated rings. The Balaban J connectivity index is 2.01. The molecule has 2 N–H and O–H groups in total. The average molecular weight is 262 g/mol. The highest BCUT2D eigenvalue weighted by Crippen LogP contribution is 2.30. The van der Waals surface area contributed by atoms with E-state index in [1.807, 2.05) is 0 Å². The Morgan fingerprint density at radius 2 is 2.00 bits per heavy atom. The second kappa shape index (κ2) is 4.73. The number of aromatic nitrogens is 2. The Morgan fingerprint density at radius 1 is 1.31 bits per heavy atom. The molecule has 0 atom stereocenters. The van der Waals surface area contributed by atoms with Crippen molar-refractivity contribution in [1.29, 1.82) is 0 Å². The number of rotatable bonds is 3. The molecule has 0 unspecified atom stereocenters. The fourth-order valence-corrected chi connectivity index (χ4v) is 2.25. The summed E-state index contributed by atoms with van der Waals surface area (Å²) in [6.07, 6.45) is 3.79. The van der Waals surface area contributed by atoms with Crippen molar-refractivity contribution in [3.05, 3.63) is 16.4 Å². The van der Waals surface area contributed by atoms with E-state index in [4.69, 9.17) is 23.2 Å². The number of anilines is 1. The lowest BCUT2D eigenvalue weighted by Gasteiger charge is -2.23. The topological polar surface area (TPSA) is 58.0 Å². The third kappa shape index (κ3) is 2.75. The van der Waals surface area contributed by atoms with Crippen LogP contribution in [0.3, 0.4) is 0 Å². The summed E-state index contributed by atoms with van der Waals surface area (Å²) in [5, 5.41) is 21.1. The highest BCUT2D eigenvalue weighted by Gasteiger charge is 2.30. The third-order valence-electron chi connectivity index (χ3n) is 2.86. The summed E-state index contributed by atoms with van der Waals surface area (Å²) in [6.45, 7) is 0.467. The maximum Gasteiger partial charge on any atom is 0.174 e. The number of hydrogen-bond donors (Lipinski definition) is 2. The zero-order valence-corrected chi connectivity index (χ0v) is 10.2. The highest BCUT2D eigenvalue weighted by atomic mass is 35.5. The molecule has 16 heavy (non-hydrogen) atoms. The summed E-state index contributed by atoms with van der Waals surface area (Å²) in [7, 11) is 0. The van der Waals surface area contributed by atoms with Crippen molar-refractivity contribution in [2.24, 2.45) is 0 Å². The van der Waals surface area contributed by atoms with Gasteiger partial charge in [0.25, 0.3) is 0 Å². The first kappa shape index (κ1) is 11.9. The summed E-state index contributed by atoms with van der Waals surface area (Å²) >= 11 is 11.6. The van der Waals surface area contributed by atoms with Crippen LogP contribution in [-0.2, 0) is 0 Å². The first-order valence-electron chi connectivity index (χ1n) is 5.24. The Labute approximate surface area is 104 Å². The molecule has 0 aromatic carbocycles. The largest absolute Gasteiger partial charge is 0.388 e. The van der Waals surface area contributed by atoms with Gasteiger partial charge >= 0.3 is 0 Å². The van der Waals surface area contributed by atoms with Crippen molar-refractivity contribution in [3.8, 4) is 0 Å². The Bertz CT molecular complexity index is 380. The molecule has 0 saturated heterocycles. The molecule has 4 nitrogen and oxygen atoms in total. The minimum absolute atomic E-state index is 0.269. The number of hydrogen-bond acceptors (Lipinski definition) is 4. The van der Waals surface area contributed by atoms with E-state index in [-0.39, 0.29) is 10.3 Å². The summed E-state index contributed by atoms with van der Waals surface area (Å²) in [6, 6.07) is 1.61. The van der Waals surface area contributed by atoms with Crippen LogP contribution in [0.1, 0.15) is 25.7 Å². The molecule has 88 valence electrons. The van der Waals surface area contributed by atoms with Gasteiger partial charge in [-0.05, 0) is 12.8 Å². The Morgan fingerprint density at radius 3 is 2.69 bits per heavy atom. The van der Waals surface area contributed by atoms with E-state index in [1.165, 1.54) is 0 Å². The van der Waals surface area contributed by atoms with Crippen LogP contribution in [0.5, 0.6) is 0 Å². The van der Waals surface area contributed by atoms with Gasteiger partial charge in [-0.25, -0.2) is 0 Å².